The molecule has 2 rings (SSSR count). The van der Waals surface area contributed by atoms with Crippen LogP contribution in [-0.2, 0) is 17.9 Å². The Bertz CT molecular complexity index is 453. The average molecular weight is 278 g/mol. The summed E-state index contributed by atoms with van der Waals surface area (Å²) in [5.41, 5.74) is 1.66. The number of methoxy groups -OCH3 is 1. The third kappa shape index (κ3) is 3.71. The fraction of sp³-hybridized carbons (Fsp3) is 0.533. The normalized spacial score (nSPS) is 16.3. The van der Waals surface area contributed by atoms with Crippen molar-refractivity contribution in [3.63, 3.8) is 0 Å². The van der Waals surface area contributed by atoms with Crippen molar-refractivity contribution in [3.05, 3.63) is 35.4 Å². The van der Waals surface area contributed by atoms with Gasteiger partial charge in [-0.2, -0.15) is 0 Å². The Balaban J connectivity index is 1.74. The largest absolute Gasteiger partial charge is 0.392 e. The average Bonchev–Trinajstić information content (AvgIpc) is 2.44. The quantitative estimate of drug-likeness (QED) is 0.739. The molecule has 1 aliphatic carbocycles. The van der Waals surface area contributed by atoms with Crippen LogP contribution in [0.3, 0.4) is 0 Å². The maximum absolute atomic E-state index is 11.7. The molecule has 0 saturated heterocycles. The number of amides is 2. The smallest absolute Gasteiger partial charge is 0.315 e. The maximum atomic E-state index is 11.7. The molecule has 1 aliphatic rings. The van der Waals surface area contributed by atoms with Crippen LogP contribution in [0.1, 0.15) is 30.4 Å². The Morgan fingerprint density at radius 1 is 1.35 bits per heavy atom. The molecule has 0 aliphatic heterocycles. The van der Waals surface area contributed by atoms with Crippen molar-refractivity contribution in [2.75, 3.05) is 13.7 Å². The minimum atomic E-state index is -0.192. The van der Waals surface area contributed by atoms with Gasteiger partial charge in [0.2, 0.25) is 0 Å². The number of hydrogen-bond acceptors (Lipinski definition) is 3. The van der Waals surface area contributed by atoms with Crippen molar-refractivity contribution in [2.24, 2.45) is 0 Å². The monoisotopic (exact) mass is 278 g/mol. The summed E-state index contributed by atoms with van der Waals surface area (Å²) in [5, 5.41) is 14.7. The second-order valence-corrected chi connectivity index (χ2v) is 5.25. The first kappa shape index (κ1) is 14.8. The minimum absolute atomic E-state index is 0.0103. The zero-order chi connectivity index (χ0) is 14.4. The van der Waals surface area contributed by atoms with Gasteiger partial charge in [0, 0.05) is 20.2 Å². The highest BCUT2D eigenvalue weighted by atomic mass is 16.5. The number of urea groups is 1. The molecule has 0 spiro atoms. The highest BCUT2D eigenvalue weighted by Gasteiger charge is 2.37. The fourth-order valence-corrected chi connectivity index (χ4v) is 2.35. The molecule has 0 aromatic heterocycles. The van der Waals surface area contributed by atoms with Crippen LogP contribution in [0.2, 0.25) is 0 Å². The van der Waals surface area contributed by atoms with E-state index in [4.69, 9.17) is 9.84 Å². The Labute approximate surface area is 119 Å². The van der Waals surface area contributed by atoms with E-state index in [0.717, 1.165) is 30.4 Å². The van der Waals surface area contributed by atoms with Crippen molar-refractivity contribution < 1.29 is 14.6 Å². The number of carbonyl (C=O) groups excluding carboxylic acids is 1. The highest BCUT2D eigenvalue weighted by molar-refractivity contribution is 5.73. The molecule has 2 amide bonds. The van der Waals surface area contributed by atoms with E-state index in [1.165, 1.54) is 0 Å². The number of carbonyl (C=O) groups is 1. The fourth-order valence-electron chi connectivity index (χ4n) is 2.35. The molecule has 5 heteroatoms. The summed E-state index contributed by atoms with van der Waals surface area (Å²) in [4.78, 5) is 11.7. The topological polar surface area (TPSA) is 70.6 Å². The first-order valence-electron chi connectivity index (χ1n) is 6.93. The molecule has 3 N–H and O–H groups in total. The predicted molar refractivity (Wildman–Crippen MR) is 76.2 cm³/mol. The van der Waals surface area contributed by atoms with Crippen LogP contribution in [0.15, 0.2) is 24.3 Å². The Hall–Kier alpha value is -1.59. The summed E-state index contributed by atoms with van der Waals surface area (Å²) in [6.45, 7) is 1.00. The SMILES string of the molecule is COC1(CNC(=O)NCc2cccc(CO)c2)CCC1. The van der Waals surface area contributed by atoms with Crippen LogP contribution >= 0.6 is 0 Å². The van der Waals surface area contributed by atoms with Gasteiger partial charge >= 0.3 is 6.03 Å². The van der Waals surface area contributed by atoms with E-state index in [-0.39, 0.29) is 18.2 Å². The lowest BCUT2D eigenvalue weighted by molar-refractivity contribution is -0.0673. The molecule has 110 valence electrons. The Kier molecular flexibility index (Phi) is 4.98. The van der Waals surface area contributed by atoms with Gasteiger partial charge in [0.05, 0.1) is 12.2 Å². The molecule has 1 fully saturated rings. The van der Waals surface area contributed by atoms with E-state index in [0.29, 0.717) is 13.1 Å². The molecule has 0 radical (unpaired) electrons. The van der Waals surface area contributed by atoms with Gasteiger partial charge in [0.25, 0.3) is 0 Å². The van der Waals surface area contributed by atoms with Gasteiger partial charge in [0.1, 0.15) is 0 Å². The Morgan fingerprint density at radius 2 is 2.10 bits per heavy atom. The van der Waals surface area contributed by atoms with Crippen LogP contribution in [0.4, 0.5) is 4.79 Å². The first-order chi connectivity index (χ1) is 9.67. The lowest BCUT2D eigenvalue weighted by atomic mass is 9.80. The zero-order valence-electron chi connectivity index (χ0n) is 11.8. The number of hydrogen-bond donors (Lipinski definition) is 3. The molecule has 0 heterocycles. The van der Waals surface area contributed by atoms with Crippen molar-refractivity contribution >= 4 is 6.03 Å². The summed E-state index contributed by atoms with van der Waals surface area (Å²) in [7, 11) is 1.69. The minimum Gasteiger partial charge on any atom is -0.392 e. The molecule has 1 saturated carbocycles. The van der Waals surface area contributed by atoms with Crippen molar-refractivity contribution in [2.45, 2.75) is 38.0 Å². The zero-order valence-corrected chi connectivity index (χ0v) is 11.8. The van der Waals surface area contributed by atoms with Gasteiger partial charge in [-0.3, -0.25) is 0 Å². The molecule has 1 aromatic rings. The van der Waals surface area contributed by atoms with Gasteiger partial charge < -0.3 is 20.5 Å². The van der Waals surface area contributed by atoms with E-state index in [9.17, 15) is 4.79 Å². The molecular formula is C15H22N2O3. The van der Waals surface area contributed by atoms with Crippen molar-refractivity contribution in [1.82, 2.24) is 10.6 Å². The Morgan fingerprint density at radius 3 is 2.70 bits per heavy atom. The van der Waals surface area contributed by atoms with Gasteiger partial charge in [-0.05, 0) is 30.4 Å². The van der Waals surface area contributed by atoms with E-state index in [2.05, 4.69) is 10.6 Å². The molecule has 0 bridgehead atoms. The lowest BCUT2D eigenvalue weighted by Gasteiger charge is -2.40. The van der Waals surface area contributed by atoms with Gasteiger partial charge in [-0.25, -0.2) is 4.79 Å². The number of aliphatic hydroxyl groups excluding tert-OH is 1. The number of nitrogens with one attached hydrogen (secondary N) is 2. The second kappa shape index (κ2) is 6.72. The summed E-state index contributed by atoms with van der Waals surface area (Å²) in [6, 6.07) is 7.32. The third-order valence-electron chi connectivity index (χ3n) is 3.90. The van der Waals surface area contributed by atoms with Crippen LogP contribution < -0.4 is 10.6 Å². The molecule has 1 aromatic carbocycles. The molecule has 5 nitrogen and oxygen atoms in total. The predicted octanol–water partition coefficient (Wildman–Crippen LogP) is 1.55. The van der Waals surface area contributed by atoms with E-state index in [1.54, 1.807) is 7.11 Å². The van der Waals surface area contributed by atoms with Crippen LogP contribution in [0.25, 0.3) is 0 Å². The maximum Gasteiger partial charge on any atom is 0.315 e. The van der Waals surface area contributed by atoms with Crippen molar-refractivity contribution in [1.29, 1.82) is 0 Å². The summed E-state index contributed by atoms with van der Waals surface area (Å²) in [6.07, 6.45) is 3.16. The highest BCUT2D eigenvalue weighted by Crippen LogP contribution is 2.34. The van der Waals surface area contributed by atoms with Gasteiger partial charge in [-0.1, -0.05) is 24.3 Å². The first-order valence-corrected chi connectivity index (χ1v) is 6.93. The van der Waals surface area contributed by atoms with Gasteiger partial charge in [-0.15, -0.1) is 0 Å². The molecule has 0 unspecified atom stereocenters. The third-order valence-corrected chi connectivity index (χ3v) is 3.90. The number of ether oxygens (including phenoxy) is 1. The number of aliphatic hydroxyl groups is 1. The molecule has 20 heavy (non-hydrogen) atoms. The summed E-state index contributed by atoms with van der Waals surface area (Å²) in [5.74, 6) is 0. The van der Waals surface area contributed by atoms with Crippen LogP contribution in [-0.4, -0.2) is 30.4 Å². The number of benzene rings is 1. The van der Waals surface area contributed by atoms with Gasteiger partial charge in [0.15, 0.2) is 0 Å². The van der Waals surface area contributed by atoms with Crippen molar-refractivity contribution in [3.8, 4) is 0 Å². The number of rotatable bonds is 6. The standard InChI is InChI=1S/C15H22N2O3/c1-20-15(6-3-7-15)11-17-14(19)16-9-12-4-2-5-13(8-12)10-18/h2,4-5,8,18H,3,6-7,9-11H2,1H3,(H2,16,17,19). The van der Waals surface area contributed by atoms with Crippen LogP contribution in [0.5, 0.6) is 0 Å². The van der Waals surface area contributed by atoms with E-state index >= 15 is 0 Å². The summed E-state index contributed by atoms with van der Waals surface area (Å²) >= 11 is 0. The molecule has 0 atom stereocenters. The molecular weight excluding hydrogens is 256 g/mol. The van der Waals surface area contributed by atoms with Crippen LogP contribution in [0, 0.1) is 0 Å². The second-order valence-electron chi connectivity index (χ2n) is 5.25. The van der Waals surface area contributed by atoms with E-state index < -0.39 is 0 Å². The van der Waals surface area contributed by atoms with E-state index in [1.807, 2.05) is 24.3 Å². The summed E-state index contributed by atoms with van der Waals surface area (Å²) < 4.78 is 5.45. The lowest BCUT2D eigenvalue weighted by Crippen LogP contribution is -2.51.